The Morgan fingerprint density at radius 3 is 2.38 bits per heavy atom. The molecule has 0 aromatic heterocycles. The number of rotatable bonds is 6. The number of nitrogens with zero attached hydrogens (tertiary/aromatic N) is 1. The second kappa shape index (κ2) is 6.70. The Morgan fingerprint density at radius 2 is 2.00 bits per heavy atom. The van der Waals surface area contributed by atoms with Gasteiger partial charge in [-0.25, -0.2) is 0 Å². The van der Waals surface area contributed by atoms with Gasteiger partial charge in [-0.3, -0.25) is 0 Å². The molecule has 0 radical (unpaired) electrons. The van der Waals surface area contributed by atoms with Crippen LogP contribution in [0.5, 0.6) is 0 Å². The third-order valence-corrected chi connectivity index (χ3v) is 2.59. The van der Waals surface area contributed by atoms with Crippen molar-refractivity contribution in [1.29, 1.82) is 0 Å². The number of nitrogens with one attached hydrogen (secondary N) is 1. The van der Waals surface area contributed by atoms with Crippen LogP contribution in [0, 0.1) is 5.41 Å². The maximum Gasteiger partial charge on any atom is 0.140 e. The summed E-state index contributed by atoms with van der Waals surface area (Å²) in [5.74, 6) is 0.219. The SMILES string of the molecule is CC(CC(N)=NO)NC(CCO)C(C)(C)C. The lowest BCUT2D eigenvalue weighted by atomic mass is 9.84. The van der Waals surface area contributed by atoms with Crippen LogP contribution in [-0.4, -0.2) is 34.8 Å². The molecule has 0 spiro atoms. The minimum absolute atomic E-state index is 0.0715. The summed E-state index contributed by atoms with van der Waals surface area (Å²) in [5, 5.41) is 23.8. The first-order valence-electron chi connectivity index (χ1n) is 5.64. The molecular weight excluding hydrogens is 206 g/mol. The van der Waals surface area contributed by atoms with Crippen LogP contribution in [0.1, 0.15) is 40.5 Å². The first-order chi connectivity index (χ1) is 7.31. The second-order valence-corrected chi connectivity index (χ2v) is 5.29. The summed E-state index contributed by atoms with van der Waals surface area (Å²) in [6, 6.07) is 0.325. The van der Waals surface area contributed by atoms with Crippen molar-refractivity contribution in [3.05, 3.63) is 0 Å². The zero-order chi connectivity index (χ0) is 12.8. The quantitative estimate of drug-likeness (QED) is 0.236. The van der Waals surface area contributed by atoms with Crippen LogP contribution in [-0.2, 0) is 0 Å². The Bertz CT molecular complexity index is 224. The van der Waals surface area contributed by atoms with E-state index in [9.17, 15) is 0 Å². The fraction of sp³-hybridized carbons (Fsp3) is 0.909. The van der Waals surface area contributed by atoms with Gasteiger partial charge in [-0.1, -0.05) is 25.9 Å². The van der Waals surface area contributed by atoms with Crippen molar-refractivity contribution < 1.29 is 10.3 Å². The maximum absolute atomic E-state index is 9.01. The van der Waals surface area contributed by atoms with E-state index in [-0.39, 0.29) is 29.9 Å². The Morgan fingerprint density at radius 1 is 1.44 bits per heavy atom. The summed E-state index contributed by atoms with van der Waals surface area (Å²) in [7, 11) is 0. The molecule has 0 aliphatic carbocycles. The van der Waals surface area contributed by atoms with Gasteiger partial charge in [-0.05, 0) is 18.8 Å². The molecule has 0 amide bonds. The molecule has 0 aliphatic rings. The zero-order valence-corrected chi connectivity index (χ0v) is 10.7. The molecule has 0 aromatic carbocycles. The third-order valence-electron chi connectivity index (χ3n) is 2.59. The van der Waals surface area contributed by atoms with Gasteiger partial charge in [0.25, 0.3) is 0 Å². The Hall–Kier alpha value is -0.810. The molecule has 96 valence electrons. The Balaban J connectivity index is 4.29. The number of oxime groups is 1. The van der Waals surface area contributed by atoms with Crippen LogP contribution in [0.4, 0.5) is 0 Å². The van der Waals surface area contributed by atoms with E-state index in [0.717, 1.165) is 0 Å². The van der Waals surface area contributed by atoms with Gasteiger partial charge in [-0.2, -0.15) is 0 Å². The van der Waals surface area contributed by atoms with E-state index in [2.05, 4.69) is 31.2 Å². The molecule has 0 rings (SSSR count). The second-order valence-electron chi connectivity index (χ2n) is 5.29. The van der Waals surface area contributed by atoms with E-state index in [4.69, 9.17) is 16.0 Å². The highest BCUT2D eigenvalue weighted by Gasteiger charge is 2.25. The van der Waals surface area contributed by atoms with E-state index in [1.54, 1.807) is 0 Å². The largest absolute Gasteiger partial charge is 0.409 e. The summed E-state index contributed by atoms with van der Waals surface area (Å²) in [6.45, 7) is 8.50. The average Bonchev–Trinajstić information content (AvgIpc) is 2.15. The summed E-state index contributed by atoms with van der Waals surface area (Å²) < 4.78 is 0. The highest BCUT2D eigenvalue weighted by molar-refractivity contribution is 5.80. The number of aliphatic hydroxyl groups excluding tert-OH is 1. The van der Waals surface area contributed by atoms with Crippen molar-refractivity contribution in [2.45, 2.75) is 52.6 Å². The number of nitrogens with two attached hydrogens (primary N) is 1. The van der Waals surface area contributed by atoms with Crippen molar-refractivity contribution in [2.75, 3.05) is 6.61 Å². The fourth-order valence-electron chi connectivity index (χ4n) is 1.65. The van der Waals surface area contributed by atoms with Crippen LogP contribution >= 0.6 is 0 Å². The maximum atomic E-state index is 9.01. The summed E-state index contributed by atoms with van der Waals surface area (Å²) in [5.41, 5.74) is 5.51. The van der Waals surface area contributed by atoms with E-state index >= 15 is 0 Å². The Labute approximate surface area is 97.7 Å². The van der Waals surface area contributed by atoms with Gasteiger partial charge in [-0.15, -0.1) is 0 Å². The summed E-state index contributed by atoms with van der Waals surface area (Å²) in [6.07, 6.45) is 1.19. The lowest BCUT2D eigenvalue weighted by Crippen LogP contribution is -2.46. The predicted octanol–water partition coefficient (Wildman–Crippen LogP) is 0.898. The number of aliphatic hydroxyl groups is 1. The molecule has 0 saturated carbocycles. The van der Waals surface area contributed by atoms with Crippen LogP contribution in [0.25, 0.3) is 0 Å². The van der Waals surface area contributed by atoms with Crippen molar-refractivity contribution in [2.24, 2.45) is 16.3 Å². The highest BCUT2D eigenvalue weighted by Crippen LogP contribution is 2.22. The first kappa shape index (κ1) is 15.2. The van der Waals surface area contributed by atoms with E-state index in [1.165, 1.54) is 0 Å². The molecule has 0 fully saturated rings. The van der Waals surface area contributed by atoms with Gasteiger partial charge < -0.3 is 21.4 Å². The molecule has 2 unspecified atom stereocenters. The van der Waals surface area contributed by atoms with E-state index < -0.39 is 0 Å². The van der Waals surface area contributed by atoms with E-state index in [0.29, 0.717) is 12.8 Å². The lowest BCUT2D eigenvalue weighted by Gasteiger charge is -2.33. The van der Waals surface area contributed by atoms with Crippen LogP contribution < -0.4 is 11.1 Å². The van der Waals surface area contributed by atoms with Crippen molar-refractivity contribution in [3.63, 3.8) is 0 Å². The monoisotopic (exact) mass is 231 g/mol. The van der Waals surface area contributed by atoms with Gasteiger partial charge in [0, 0.05) is 25.1 Å². The van der Waals surface area contributed by atoms with Crippen molar-refractivity contribution in [1.82, 2.24) is 5.32 Å². The smallest absolute Gasteiger partial charge is 0.140 e. The molecule has 0 aromatic rings. The van der Waals surface area contributed by atoms with Gasteiger partial charge in [0.2, 0.25) is 0 Å². The van der Waals surface area contributed by atoms with Gasteiger partial charge >= 0.3 is 0 Å². The molecule has 5 nitrogen and oxygen atoms in total. The number of hydrogen-bond acceptors (Lipinski definition) is 4. The number of hydrogen-bond donors (Lipinski definition) is 4. The molecule has 0 heterocycles. The lowest BCUT2D eigenvalue weighted by molar-refractivity contribution is 0.188. The summed E-state index contributed by atoms with van der Waals surface area (Å²) >= 11 is 0. The molecule has 2 atom stereocenters. The van der Waals surface area contributed by atoms with Gasteiger partial charge in [0.05, 0.1) is 0 Å². The van der Waals surface area contributed by atoms with Crippen LogP contribution in [0.15, 0.2) is 5.16 Å². The molecule has 0 bridgehead atoms. The molecule has 16 heavy (non-hydrogen) atoms. The molecule has 5 heteroatoms. The summed E-state index contributed by atoms with van der Waals surface area (Å²) in [4.78, 5) is 0. The molecular formula is C11H25N3O2. The minimum Gasteiger partial charge on any atom is -0.409 e. The predicted molar refractivity (Wildman–Crippen MR) is 65.6 cm³/mol. The third kappa shape index (κ3) is 5.92. The van der Waals surface area contributed by atoms with Crippen molar-refractivity contribution >= 4 is 5.84 Å². The highest BCUT2D eigenvalue weighted by atomic mass is 16.4. The van der Waals surface area contributed by atoms with Crippen LogP contribution in [0.3, 0.4) is 0 Å². The average molecular weight is 231 g/mol. The van der Waals surface area contributed by atoms with Crippen molar-refractivity contribution in [3.8, 4) is 0 Å². The number of amidine groups is 1. The normalized spacial score (nSPS) is 17.2. The molecule has 0 aliphatic heterocycles. The topological polar surface area (TPSA) is 90.9 Å². The van der Waals surface area contributed by atoms with E-state index in [1.807, 2.05) is 6.92 Å². The molecule has 5 N–H and O–H groups in total. The first-order valence-corrected chi connectivity index (χ1v) is 5.64. The van der Waals surface area contributed by atoms with Gasteiger partial charge in [0.15, 0.2) is 0 Å². The van der Waals surface area contributed by atoms with Gasteiger partial charge in [0.1, 0.15) is 5.84 Å². The standard InChI is InChI=1S/C11H25N3O2/c1-8(7-10(12)14-16)13-9(5-6-15)11(2,3)4/h8-9,13,15-16H,5-7H2,1-4H3,(H2,12,14). The zero-order valence-electron chi connectivity index (χ0n) is 10.7. The molecule has 0 saturated heterocycles. The fourth-order valence-corrected chi connectivity index (χ4v) is 1.65. The Kier molecular flexibility index (Phi) is 6.36. The van der Waals surface area contributed by atoms with Crippen LogP contribution in [0.2, 0.25) is 0 Å². The minimum atomic E-state index is 0.0715.